The Morgan fingerprint density at radius 1 is 0.696 bits per heavy atom. The van der Waals surface area contributed by atoms with Gasteiger partial charge in [-0.1, -0.05) is 103 Å². The summed E-state index contributed by atoms with van der Waals surface area (Å²) in [6.45, 7) is 2.04. The third-order valence-corrected chi connectivity index (χ3v) is 7.78. The van der Waals surface area contributed by atoms with Crippen LogP contribution in [0.1, 0.15) is 12.5 Å². The molecule has 3 heteroatoms. The monoisotopic (exact) mass is 335 g/mol. The van der Waals surface area contributed by atoms with Crippen LogP contribution in [0.15, 0.2) is 95.8 Å². The van der Waals surface area contributed by atoms with Crippen molar-refractivity contribution in [3.8, 4) is 0 Å². The molecule has 0 amide bonds. The molecule has 0 fully saturated rings. The molecule has 0 saturated carbocycles. The van der Waals surface area contributed by atoms with E-state index in [9.17, 15) is 0 Å². The van der Waals surface area contributed by atoms with Gasteiger partial charge in [0.2, 0.25) is 0 Å². The molecule has 0 unspecified atom stereocenters. The molecule has 0 N–H and O–H groups in total. The van der Waals surface area contributed by atoms with E-state index in [-0.39, 0.29) is 0 Å². The molecular weight excluding hydrogens is 317 g/mol. The number of hydrogen-bond donors (Lipinski definition) is 0. The Labute approximate surface area is 142 Å². The predicted octanol–water partition coefficient (Wildman–Crippen LogP) is 4.54. The Morgan fingerprint density at radius 2 is 1.09 bits per heavy atom. The summed E-state index contributed by atoms with van der Waals surface area (Å²) in [5, 5.41) is 2.24. The minimum absolute atomic E-state index is 0.988. The second-order valence-corrected chi connectivity index (χ2v) is 9.27. The molecule has 3 aromatic carbocycles. The van der Waals surface area contributed by atoms with E-state index in [1.807, 2.05) is 61.5 Å². The lowest BCUT2D eigenvalue weighted by molar-refractivity contribution is 1.59. The lowest BCUT2D eigenvalue weighted by Crippen LogP contribution is -2.15. The SMILES string of the molecule is C/C(=N\P(=S)(c1ccccc1)c1ccccc1)c1ccccc1. The molecule has 1 nitrogen and oxygen atoms in total. The van der Waals surface area contributed by atoms with Gasteiger partial charge in [0.25, 0.3) is 0 Å². The van der Waals surface area contributed by atoms with Gasteiger partial charge in [0.1, 0.15) is 6.19 Å². The molecule has 0 aromatic heterocycles. The van der Waals surface area contributed by atoms with Crippen molar-refractivity contribution in [2.75, 3.05) is 0 Å². The zero-order chi connectivity index (χ0) is 16.1. The molecule has 114 valence electrons. The standard InChI is InChI=1S/C20H18NPS/c1-17(18-11-5-2-6-12-18)21-22(23,19-13-7-3-8-14-19)20-15-9-4-10-16-20/h2-16H,1H3/b21-17+. The zero-order valence-electron chi connectivity index (χ0n) is 13.0. The van der Waals surface area contributed by atoms with Crippen molar-refractivity contribution in [3.05, 3.63) is 96.6 Å². The van der Waals surface area contributed by atoms with E-state index < -0.39 is 6.19 Å². The lowest BCUT2D eigenvalue weighted by atomic mass is 10.1. The van der Waals surface area contributed by atoms with Crippen LogP contribution in [0.2, 0.25) is 0 Å². The number of rotatable bonds is 4. The average molecular weight is 335 g/mol. The summed E-state index contributed by atoms with van der Waals surface area (Å²) in [6.07, 6.45) is -2.22. The van der Waals surface area contributed by atoms with E-state index in [1.165, 1.54) is 0 Å². The molecule has 0 atom stereocenters. The van der Waals surface area contributed by atoms with Crippen molar-refractivity contribution in [2.45, 2.75) is 6.92 Å². The van der Waals surface area contributed by atoms with Crippen LogP contribution in [0.4, 0.5) is 0 Å². The Balaban J connectivity index is 2.16. The second-order valence-electron chi connectivity index (χ2n) is 5.30. The summed E-state index contributed by atoms with van der Waals surface area (Å²) in [6, 6.07) is 30.8. The highest BCUT2D eigenvalue weighted by Gasteiger charge is 2.21. The van der Waals surface area contributed by atoms with Crippen molar-refractivity contribution < 1.29 is 0 Å². The Kier molecular flexibility index (Phi) is 4.85. The molecule has 3 rings (SSSR count). The Bertz CT molecular complexity index is 799. The van der Waals surface area contributed by atoms with Crippen molar-refractivity contribution in [1.82, 2.24) is 0 Å². The van der Waals surface area contributed by atoms with Gasteiger partial charge in [-0.25, -0.2) is 4.76 Å². The van der Waals surface area contributed by atoms with Crippen LogP contribution >= 0.6 is 6.19 Å². The molecule has 0 heterocycles. The first kappa shape index (κ1) is 15.9. The number of hydrogen-bond acceptors (Lipinski definition) is 1. The molecule has 0 aliphatic heterocycles. The van der Waals surface area contributed by atoms with Crippen LogP contribution in [0.3, 0.4) is 0 Å². The molecule has 3 aromatic rings. The smallest absolute Gasteiger partial charge is 0.113 e. The average Bonchev–Trinajstić information content (AvgIpc) is 2.64. The van der Waals surface area contributed by atoms with Crippen molar-refractivity contribution >= 4 is 34.3 Å². The van der Waals surface area contributed by atoms with Gasteiger partial charge in [-0.05, 0) is 12.5 Å². The van der Waals surface area contributed by atoms with Gasteiger partial charge in [0, 0.05) is 16.3 Å². The number of nitrogens with zero attached hydrogens (tertiary/aromatic N) is 1. The van der Waals surface area contributed by atoms with Gasteiger partial charge in [-0.3, -0.25) is 0 Å². The van der Waals surface area contributed by atoms with Crippen LogP contribution in [-0.4, -0.2) is 5.71 Å². The van der Waals surface area contributed by atoms with Crippen LogP contribution in [-0.2, 0) is 11.8 Å². The highest BCUT2D eigenvalue weighted by Crippen LogP contribution is 2.45. The first-order valence-corrected chi connectivity index (χ1v) is 10.3. The summed E-state index contributed by atoms with van der Waals surface area (Å²) in [5.41, 5.74) is 2.11. The van der Waals surface area contributed by atoms with E-state index in [0.717, 1.165) is 21.9 Å². The summed E-state index contributed by atoms with van der Waals surface area (Å²) in [5.74, 6) is 0. The minimum Gasteiger partial charge on any atom is -0.247 e. The van der Waals surface area contributed by atoms with Gasteiger partial charge < -0.3 is 0 Å². The maximum absolute atomic E-state index is 6.13. The predicted molar refractivity (Wildman–Crippen MR) is 105 cm³/mol. The van der Waals surface area contributed by atoms with E-state index in [4.69, 9.17) is 16.6 Å². The normalized spacial score (nSPS) is 12.1. The van der Waals surface area contributed by atoms with Crippen molar-refractivity contribution in [1.29, 1.82) is 0 Å². The summed E-state index contributed by atoms with van der Waals surface area (Å²) in [4.78, 5) is 0. The highest BCUT2D eigenvalue weighted by atomic mass is 32.4. The Hall–Kier alpha value is -2.02. The zero-order valence-corrected chi connectivity index (χ0v) is 14.7. The lowest BCUT2D eigenvalue weighted by Gasteiger charge is -2.20. The molecule has 0 aliphatic rings. The fourth-order valence-electron chi connectivity index (χ4n) is 2.47. The minimum atomic E-state index is -2.22. The van der Waals surface area contributed by atoms with Crippen LogP contribution in [0, 0.1) is 0 Å². The molecular formula is C20H18NPS. The molecule has 0 bridgehead atoms. The second kappa shape index (κ2) is 7.04. The third-order valence-electron chi connectivity index (χ3n) is 3.69. The van der Waals surface area contributed by atoms with Crippen LogP contribution < -0.4 is 10.6 Å². The maximum Gasteiger partial charge on any atom is 0.113 e. The fourth-order valence-corrected chi connectivity index (χ4v) is 5.79. The topological polar surface area (TPSA) is 12.4 Å². The summed E-state index contributed by atoms with van der Waals surface area (Å²) < 4.78 is 5.06. The molecule has 0 radical (unpaired) electrons. The summed E-state index contributed by atoms with van der Waals surface area (Å²) >= 11 is 6.13. The highest BCUT2D eigenvalue weighted by molar-refractivity contribution is 8.21. The first-order chi connectivity index (χ1) is 11.2. The fraction of sp³-hybridized carbons (Fsp3) is 0.0500. The van der Waals surface area contributed by atoms with Gasteiger partial charge >= 0.3 is 0 Å². The van der Waals surface area contributed by atoms with Gasteiger partial charge in [-0.2, -0.15) is 0 Å². The first-order valence-electron chi connectivity index (χ1n) is 7.54. The summed E-state index contributed by atoms with van der Waals surface area (Å²) in [7, 11) is 0. The van der Waals surface area contributed by atoms with Gasteiger partial charge in [0.05, 0.1) is 0 Å². The maximum atomic E-state index is 6.13. The van der Waals surface area contributed by atoms with Crippen LogP contribution in [0.5, 0.6) is 0 Å². The number of benzene rings is 3. The van der Waals surface area contributed by atoms with E-state index in [1.54, 1.807) is 0 Å². The van der Waals surface area contributed by atoms with E-state index in [0.29, 0.717) is 0 Å². The molecule has 0 aliphatic carbocycles. The van der Waals surface area contributed by atoms with E-state index >= 15 is 0 Å². The van der Waals surface area contributed by atoms with Crippen molar-refractivity contribution in [2.24, 2.45) is 4.76 Å². The van der Waals surface area contributed by atoms with Gasteiger partial charge in [-0.15, -0.1) is 0 Å². The quantitative estimate of drug-likeness (QED) is 0.504. The van der Waals surface area contributed by atoms with E-state index in [2.05, 4.69) is 36.4 Å². The molecule has 23 heavy (non-hydrogen) atoms. The Morgan fingerprint density at radius 3 is 1.52 bits per heavy atom. The molecule has 0 spiro atoms. The van der Waals surface area contributed by atoms with Gasteiger partial charge in [0.15, 0.2) is 0 Å². The van der Waals surface area contributed by atoms with Crippen LogP contribution in [0.25, 0.3) is 0 Å². The third kappa shape index (κ3) is 3.50. The molecule has 0 saturated heterocycles. The largest absolute Gasteiger partial charge is 0.247 e. The van der Waals surface area contributed by atoms with Crippen molar-refractivity contribution in [3.63, 3.8) is 0 Å².